The molecule has 0 spiro atoms. The Kier molecular flexibility index (Phi) is 3.83. The van der Waals surface area contributed by atoms with Gasteiger partial charge in [-0.15, -0.1) is 0 Å². The fraction of sp³-hybridized carbons (Fsp3) is 0.500. The van der Waals surface area contributed by atoms with Crippen molar-refractivity contribution in [1.82, 2.24) is 0 Å². The second-order valence-electron chi connectivity index (χ2n) is 4.98. The predicted molar refractivity (Wildman–Crippen MR) is 63.8 cm³/mol. The summed E-state index contributed by atoms with van der Waals surface area (Å²) in [5.41, 5.74) is -1.51. The van der Waals surface area contributed by atoms with Gasteiger partial charge in [-0.05, 0) is 24.5 Å². The molecule has 1 aliphatic rings. The van der Waals surface area contributed by atoms with Crippen LogP contribution in [0, 0.1) is 5.82 Å². The zero-order valence-corrected chi connectivity index (χ0v) is 10.3. The Bertz CT molecular complexity index is 480. The van der Waals surface area contributed by atoms with Crippen molar-refractivity contribution < 1.29 is 23.1 Å². The fourth-order valence-corrected chi connectivity index (χ4v) is 2.78. The van der Waals surface area contributed by atoms with Crippen molar-refractivity contribution in [2.45, 2.75) is 43.9 Å². The van der Waals surface area contributed by atoms with E-state index in [9.17, 15) is 23.1 Å². The van der Waals surface area contributed by atoms with Crippen molar-refractivity contribution in [3.63, 3.8) is 0 Å². The number of aliphatic carboxylic acids is 1. The first kappa shape index (κ1) is 13.9. The van der Waals surface area contributed by atoms with Crippen LogP contribution in [0.25, 0.3) is 0 Å². The number of hydrogen-bond acceptors (Lipinski definition) is 1. The van der Waals surface area contributed by atoms with E-state index in [4.69, 9.17) is 0 Å². The summed E-state index contributed by atoms with van der Waals surface area (Å²) in [5.74, 6) is -2.03. The lowest BCUT2D eigenvalue weighted by atomic mass is 9.69. The topological polar surface area (TPSA) is 37.3 Å². The van der Waals surface area contributed by atoms with Crippen LogP contribution in [-0.4, -0.2) is 11.1 Å². The van der Waals surface area contributed by atoms with Crippen LogP contribution in [0.1, 0.15) is 49.7 Å². The molecule has 2 rings (SSSR count). The third-order valence-electron chi connectivity index (χ3n) is 3.90. The van der Waals surface area contributed by atoms with Crippen LogP contribution < -0.4 is 0 Å². The van der Waals surface area contributed by atoms with Crippen molar-refractivity contribution in [2.24, 2.45) is 0 Å². The van der Waals surface area contributed by atoms with E-state index >= 15 is 0 Å². The normalized spacial score (nSPS) is 18.5. The molecule has 2 nitrogen and oxygen atoms in total. The average molecular weight is 272 g/mol. The Morgan fingerprint density at radius 2 is 1.84 bits per heavy atom. The minimum atomic E-state index is -2.89. The van der Waals surface area contributed by atoms with E-state index in [1.807, 2.05) is 0 Å². The zero-order valence-electron chi connectivity index (χ0n) is 10.3. The van der Waals surface area contributed by atoms with Crippen LogP contribution in [0.5, 0.6) is 0 Å². The predicted octanol–water partition coefficient (Wildman–Crippen LogP) is 4.05. The second kappa shape index (κ2) is 5.23. The van der Waals surface area contributed by atoms with Crippen LogP contribution in [0.2, 0.25) is 0 Å². The van der Waals surface area contributed by atoms with E-state index in [0.717, 1.165) is 31.4 Å². The maximum absolute atomic E-state index is 13.6. The lowest BCUT2D eigenvalue weighted by Gasteiger charge is -2.33. The van der Waals surface area contributed by atoms with Gasteiger partial charge < -0.3 is 5.11 Å². The molecule has 1 saturated carbocycles. The Hall–Kier alpha value is -1.52. The van der Waals surface area contributed by atoms with Gasteiger partial charge in [0, 0.05) is 0 Å². The summed E-state index contributed by atoms with van der Waals surface area (Å²) in [7, 11) is 0. The monoisotopic (exact) mass is 272 g/mol. The van der Waals surface area contributed by atoms with Crippen LogP contribution >= 0.6 is 0 Å². The molecule has 0 aliphatic heterocycles. The first-order chi connectivity index (χ1) is 8.97. The first-order valence-electron chi connectivity index (χ1n) is 6.29. The molecule has 19 heavy (non-hydrogen) atoms. The van der Waals surface area contributed by atoms with Gasteiger partial charge in [0.2, 0.25) is 0 Å². The van der Waals surface area contributed by atoms with E-state index in [0.29, 0.717) is 18.4 Å². The number of alkyl halides is 2. The Morgan fingerprint density at radius 1 is 1.21 bits per heavy atom. The second-order valence-corrected chi connectivity index (χ2v) is 4.98. The number of rotatable bonds is 3. The van der Waals surface area contributed by atoms with Crippen molar-refractivity contribution in [2.75, 3.05) is 0 Å². The molecule has 0 saturated heterocycles. The zero-order chi connectivity index (χ0) is 14.0. The summed E-state index contributed by atoms with van der Waals surface area (Å²) >= 11 is 0. The largest absolute Gasteiger partial charge is 0.481 e. The summed E-state index contributed by atoms with van der Waals surface area (Å²) in [6, 6.07) is 3.28. The highest BCUT2D eigenvalue weighted by molar-refractivity contribution is 5.81. The van der Waals surface area contributed by atoms with E-state index < -0.39 is 29.2 Å². The molecule has 0 aromatic heterocycles. The molecule has 1 aromatic carbocycles. The first-order valence-corrected chi connectivity index (χ1v) is 6.29. The number of benzene rings is 1. The van der Waals surface area contributed by atoms with Gasteiger partial charge in [0.15, 0.2) is 0 Å². The molecule has 0 bridgehead atoms. The molecule has 0 unspecified atom stereocenters. The van der Waals surface area contributed by atoms with Gasteiger partial charge in [-0.3, -0.25) is 4.79 Å². The van der Waals surface area contributed by atoms with Gasteiger partial charge in [0.05, 0.1) is 11.0 Å². The number of carboxylic acids is 1. The fourth-order valence-electron chi connectivity index (χ4n) is 2.78. The number of carboxylic acid groups (broad SMARTS) is 1. The number of halogens is 3. The highest BCUT2D eigenvalue weighted by Gasteiger charge is 2.41. The van der Waals surface area contributed by atoms with Crippen LogP contribution in [0.3, 0.4) is 0 Å². The van der Waals surface area contributed by atoms with Crippen molar-refractivity contribution in [3.05, 3.63) is 35.1 Å². The maximum atomic E-state index is 13.6. The lowest BCUT2D eigenvalue weighted by molar-refractivity contribution is -0.145. The molecule has 1 N–H and O–H groups in total. The SMILES string of the molecule is O=C(O)C1(c2ccc(C(F)F)c(F)c2)CCCCC1. The van der Waals surface area contributed by atoms with Crippen LogP contribution in [-0.2, 0) is 10.2 Å². The van der Waals surface area contributed by atoms with Gasteiger partial charge >= 0.3 is 5.97 Å². The van der Waals surface area contributed by atoms with E-state index in [2.05, 4.69) is 0 Å². The van der Waals surface area contributed by atoms with Crippen LogP contribution in [0.4, 0.5) is 13.2 Å². The molecule has 1 aliphatic carbocycles. The van der Waals surface area contributed by atoms with Crippen LogP contribution in [0.15, 0.2) is 18.2 Å². The minimum absolute atomic E-state index is 0.293. The van der Waals surface area contributed by atoms with Crippen molar-refractivity contribution in [3.8, 4) is 0 Å². The summed E-state index contributed by atoms with van der Waals surface area (Å²) < 4.78 is 38.6. The summed E-state index contributed by atoms with van der Waals surface area (Å²) in [5, 5.41) is 9.44. The third-order valence-corrected chi connectivity index (χ3v) is 3.90. The molecule has 0 radical (unpaired) electrons. The van der Waals surface area contributed by atoms with E-state index in [-0.39, 0.29) is 0 Å². The lowest BCUT2D eigenvalue weighted by Crippen LogP contribution is -2.37. The summed E-state index contributed by atoms with van der Waals surface area (Å²) in [6.45, 7) is 0. The molecular weight excluding hydrogens is 257 g/mol. The third kappa shape index (κ3) is 2.46. The Labute approximate surface area is 109 Å². The molecule has 0 heterocycles. The smallest absolute Gasteiger partial charge is 0.314 e. The Morgan fingerprint density at radius 3 is 2.32 bits per heavy atom. The highest BCUT2D eigenvalue weighted by Crippen LogP contribution is 2.40. The summed E-state index contributed by atoms with van der Waals surface area (Å²) in [4.78, 5) is 11.5. The number of carbonyl (C=O) groups is 1. The van der Waals surface area contributed by atoms with E-state index in [1.54, 1.807) is 0 Å². The molecule has 1 aromatic rings. The number of hydrogen-bond donors (Lipinski definition) is 1. The molecule has 104 valence electrons. The average Bonchev–Trinajstić information content (AvgIpc) is 2.38. The molecule has 1 fully saturated rings. The van der Waals surface area contributed by atoms with Gasteiger partial charge in [0.25, 0.3) is 6.43 Å². The molecule has 5 heteroatoms. The van der Waals surface area contributed by atoms with Gasteiger partial charge in [0.1, 0.15) is 5.82 Å². The summed E-state index contributed by atoms with van der Waals surface area (Å²) in [6.07, 6.45) is 0.425. The standard InChI is InChI=1S/C14H15F3O2/c15-11-8-9(4-5-10(11)12(16)17)14(13(18)19)6-2-1-3-7-14/h4-5,8,12H,1-3,6-7H2,(H,18,19). The minimum Gasteiger partial charge on any atom is -0.481 e. The van der Waals surface area contributed by atoms with Gasteiger partial charge in [-0.25, -0.2) is 13.2 Å². The Balaban J connectivity index is 2.43. The quantitative estimate of drug-likeness (QED) is 0.901. The molecular formula is C14H15F3O2. The maximum Gasteiger partial charge on any atom is 0.314 e. The van der Waals surface area contributed by atoms with E-state index in [1.165, 1.54) is 6.07 Å². The van der Waals surface area contributed by atoms with Crippen molar-refractivity contribution >= 4 is 5.97 Å². The van der Waals surface area contributed by atoms with Gasteiger partial charge in [-0.1, -0.05) is 31.4 Å². The van der Waals surface area contributed by atoms with Crippen molar-refractivity contribution in [1.29, 1.82) is 0 Å². The van der Waals surface area contributed by atoms with Gasteiger partial charge in [-0.2, -0.15) is 0 Å². The highest BCUT2D eigenvalue weighted by atomic mass is 19.3. The molecule has 0 atom stereocenters. The molecule has 0 amide bonds.